The van der Waals surface area contributed by atoms with Gasteiger partial charge in [-0.05, 0) is 23.3 Å². The number of aromatic nitrogens is 3. The zero-order valence-corrected chi connectivity index (χ0v) is 14.7. The third-order valence-electron chi connectivity index (χ3n) is 3.91. The second-order valence-electron chi connectivity index (χ2n) is 5.66. The van der Waals surface area contributed by atoms with Crippen molar-refractivity contribution < 1.29 is 13.2 Å². The van der Waals surface area contributed by atoms with Gasteiger partial charge in [0.1, 0.15) is 6.20 Å². The smallest absolute Gasteiger partial charge is 0.271 e. The molecule has 0 spiro atoms. The minimum atomic E-state index is -4.69. The summed E-state index contributed by atoms with van der Waals surface area (Å²) in [4.78, 5) is 25.2. The molecular formula is C18H10ClF3N4O2. The maximum absolute atomic E-state index is 13.6. The topological polar surface area (TPSA) is 91.5 Å². The van der Waals surface area contributed by atoms with E-state index in [0.717, 1.165) is 16.9 Å². The van der Waals surface area contributed by atoms with Crippen LogP contribution in [-0.4, -0.2) is 14.8 Å². The summed E-state index contributed by atoms with van der Waals surface area (Å²) in [5, 5.41) is 12.5. The van der Waals surface area contributed by atoms with Crippen LogP contribution in [-0.2, 0) is 12.6 Å². The Hall–Kier alpha value is -3.38. The van der Waals surface area contributed by atoms with Crippen LogP contribution in [0.15, 0.2) is 52.2 Å². The SMILES string of the molecule is N#CCc1cccc(C(F)(F)F)c1-c1cccc(-n2ncc(=O)[nH]c2=O)c1Cl. The zero-order chi connectivity index (χ0) is 20.5. The molecule has 142 valence electrons. The molecule has 0 aliphatic carbocycles. The van der Waals surface area contributed by atoms with Crippen LogP contribution in [0.1, 0.15) is 11.1 Å². The Morgan fingerprint density at radius 3 is 2.54 bits per heavy atom. The highest BCUT2D eigenvalue weighted by Crippen LogP contribution is 2.42. The molecule has 0 bridgehead atoms. The van der Waals surface area contributed by atoms with E-state index < -0.39 is 23.0 Å². The van der Waals surface area contributed by atoms with Gasteiger partial charge >= 0.3 is 11.9 Å². The molecule has 6 nitrogen and oxygen atoms in total. The Morgan fingerprint density at radius 2 is 1.89 bits per heavy atom. The third kappa shape index (κ3) is 3.54. The van der Waals surface area contributed by atoms with Gasteiger partial charge in [0.05, 0.1) is 28.8 Å². The van der Waals surface area contributed by atoms with Crippen LogP contribution >= 0.6 is 11.6 Å². The van der Waals surface area contributed by atoms with Gasteiger partial charge < -0.3 is 0 Å². The molecule has 0 amide bonds. The largest absolute Gasteiger partial charge is 0.417 e. The second kappa shape index (κ2) is 7.32. The number of rotatable bonds is 3. The number of nitrogens with zero attached hydrogens (tertiary/aromatic N) is 3. The lowest BCUT2D eigenvalue weighted by Crippen LogP contribution is -2.30. The maximum Gasteiger partial charge on any atom is 0.417 e. The lowest BCUT2D eigenvalue weighted by molar-refractivity contribution is -0.137. The molecule has 0 saturated heterocycles. The Bertz CT molecular complexity index is 1210. The number of hydrogen-bond donors (Lipinski definition) is 1. The first kappa shape index (κ1) is 19.4. The summed E-state index contributed by atoms with van der Waals surface area (Å²) in [5.74, 6) is 0. The fourth-order valence-corrected chi connectivity index (χ4v) is 3.09. The normalized spacial score (nSPS) is 11.2. The fraction of sp³-hybridized carbons (Fsp3) is 0.111. The Kier molecular flexibility index (Phi) is 5.07. The van der Waals surface area contributed by atoms with Gasteiger partial charge in [0, 0.05) is 5.56 Å². The van der Waals surface area contributed by atoms with Crippen molar-refractivity contribution in [2.24, 2.45) is 0 Å². The quantitative estimate of drug-likeness (QED) is 0.722. The Balaban J connectivity index is 2.34. The van der Waals surface area contributed by atoms with Crippen molar-refractivity contribution in [3.63, 3.8) is 0 Å². The van der Waals surface area contributed by atoms with E-state index in [0.29, 0.717) is 0 Å². The number of hydrogen-bond acceptors (Lipinski definition) is 4. The second-order valence-corrected chi connectivity index (χ2v) is 6.04. The predicted molar refractivity (Wildman–Crippen MR) is 95.2 cm³/mol. The summed E-state index contributed by atoms with van der Waals surface area (Å²) in [5.41, 5.74) is -2.72. The van der Waals surface area contributed by atoms with Gasteiger partial charge in [0.2, 0.25) is 0 Å². The van der Waals surface area contributed by atoms with E-state index in [4.69, 9.17) is 16.9 Å². The molecule has 2 aromatic carbocycles. The van der Waals surface area contributed by atoms with Crippen molar-refractivity contribution in [2.45, 2.75) is 12.6 Å². The summed E-state index contributed by atoms with van der Waals surface area (Å²) in [7, 11) is 0. The first-order chi connectivity index (χ1) is 13.2. The van der Waals surface area contributed by atoms with Gasteiger partial charge in [0.25, 0.3) is 5.56 Å². The minimum absolute atomic E-state index is 0.0136. The summed E-state index contributed by atoms with van der Waals surface area (Å²) < 4.78 is 41.5. The number of halogens is 4. The van der Waals surface area contributed by atoms with Gasteiger partial charge in [-0.25, -0.2) is 4.79 Å². The molecule has 1 heterocycles. The molecule has 1 aromatic heterocycles. The molecule has 3 aromatic rings. The van der Waals surface area contributed by atoms with E-state index in [9.17, 15) is 22.8 Å². The van der Waals surface area contributed by atoms with Crippen LogP contribution in [0.2, 0.25) is 5.02 Å². The predicted octanol–water partition coefficient (Wildman–Crippen LogP) is 3.33. The van der Waals surface area contributed by atoms with E-state index in [1.165, 1.54) is 30.3 Å². The highest BCUT2D eigenvalue weighted by molar-refractivity contribution is 6.35. The minimum Gasteiger partial charge on any atom is -0.271 e. The van der Waals surface area contributed by atoms with Crippen LogP contribution < -0.4 is 11.2 Å². The molecule has 0 atom stereocenters. The van der Waals surface area contributed by atoms with Crippen LogP contribution in [0, 0.1) is 11.3 Å². The molecule has 0 fully saturated rings. The highest BCUT2D eigenvalue weighted by atomic mass is 35.5. The first-order valence-electron chi connectivity index (χ1n) is 7.78. The molecule has 0 aliphatic rings. The molecule has 10 heteroatoms. The van der Waals surface area contributed by atoms with Gasteiger partial charge in [-0.3, -0.25) is 9.78 Å². The van der Waals surface area contributed by atoms with E-state index in [1.54, 1.807) is 0 Å². The number of benzene rings is 2. The summed E-state index contributed by atoms with van der Waals surface area (Å²) in [6, 6.07) is 9.48. The molecule has 0 radical (unpaired) electrons. The molecule has 28 heavy (non-hydrogen) atoms. The van der Waals surface area contributed by atoms with Crippen molar-refractivity contribution >= 4 is 11.6 Å². The zero-order valence-electron chi connectivity index (χ0n) is 13.9. The van der Waals surface area contributed by atoms with Crippen molar-refractivity contribution in [3.8, 4) is 22.9 Å². The molecule has 0 aliphatic heterocycles. The molecule has 0 saturated carbocycles. The summed E-state index contributed by atoms with van der Waals surface area (Å²) >= 11 is 6.34. The lowest BCUT2D eigenvalue weighted by Gasteiger charge is -2.18. The number of H-pyrrole nitrogens is 1. The van der Waals surface area contributed by atoms with Crippen molar-refractivity contribution in [2.75, 3.05) is 0 Å². The molecule has 3 rings (SSSR count). The number of nitriles is 1. The van der Waals surface area contributed by atoms with Gasteiger partial charge in [0.15, 0.2) is 0 Å². The van der Waals surface area contributed by atoms with Crippen LogP contribution in [0.3, 0.4) is 0 Å². The van der Waals surface area contributed by atoms with Crippen molar-refractivity contribution in [3.05, 3.63) is 79.6 Å². The lowest BCUT2D eigenvalue weighted by atomic mass is 9.92. The first-order valence-corrected chi connectivity index (χ1v) is 8.15. The van der Waals surface area contributed by atoms with Crippen molar-refractivity contribution in [1.29, 1.82) is 5.26 Å². The number of alkyl halides is 3. The van der Waals surface area contributed by atoms with E-state index in [2.05, 4.69) is 5.10 Å². The van der Waals surface area contributed by atoms with E-state index in [1.807, 2.05) is 11.1 Å². The average molecular weight is 407 g/mol. The van der Waals surface area contributed by atoms with Gasteiger partial charge in [-0.2, -0.15) is 28.2 Å². The fourth-order valence-electron chi connectivity index (χ4n) is 2.79. The maximum atomic E-state index is 13.6. The number of nitrogens with one attached hydrogen (secondary N) is 1. The van der Waals surface area contributed by atoms with E-state index >= 15 is 0 Å². The molecule has 0 unspecified atom stereocenters. The summed E-state index contributed by atoms with van der Waals surface area (Å²) in [6.07, 6.45) is -4.11. The Morgan fingerprint density at radius 1 is 1.18 bits per heavy atom. The van der Waals surface area contributed by atoms with Gasteiger partial charge in [-0.1, -0.05) is 35.9 Å². The third-order valence-corrected chi connectivity index (χ3v) is 4.31. The molecule has 1 N–H and O–H groups in total. The average Bonchev–Trinajstić information content (AvgIpc) is 2.62. The monoisotopic (exact) mass is 406 g/mol. The number of aromatic amines is 1. The van der Waals surface area contributed by atoms with E-state index in [-0.39, 0.29) is 33.8 Å². The van der Waals surface area contributed by atoms with Crippen LogP contribution in [0.4, 0.5) is 13.2 Å². The Labute approximate surface area is 160 Å². The molecular weight excluding hydrogens is 397 g/mol. The standard InChI is InChI=1S/C18H10ClF3N4O2/c19-16-11(4-2-6-13(16)26-17(28)25-14(27)9-24-26)15-10(7-8-23)3-1-5-12(15)18(20,21)22/h1-6,9H,7H2,(H,25,27,28). The van der Waals surface area contributed by atoms with Gasteiger partial charge in [-0.15, -0.1) is 0 Å². The van der Waals surface area contributed by atoms with Crippen LogP contribution in [0.25, 0.3) is 16.8 Å². The van der Waals surface area contributed by atoms with Crippen LogP contribution in [0.5, 0.6) is 0 Å². The highest BCUT2D eigenvalue weighted by Gasteiger charge is 2.35. The van der Waals surface area contributed by atoms with Crippen molar-refractivity contribution in [1.82, 2.24) is 14.8 Å². The summed E-state index contributed by atoms with van der Waals surface area (Å²) in [6.45, 7) is 0.